The van der Waals surface area contributed by atoms with Crippen LogP contribution in [0.3, 0.4) is 0 Å². The lowest BCUT2D eigenvalue weighted by atomic mass is 9.72. The molecule has 1 fully saturated rings. The van der Waals surface area contributed by atoms with Crippen molar-refractivity contribution in [1.82, 2.24) is 4.72 Å². The van der Waals surface area contributed by atoms with Gasteiger partial charge < -0.3 is 5.11 Å². The van der Waals surface area contributed by atoms with Crippen LogP contribution in [0.15, 0.2) is 0 Å². The monoisotopic (exact) mass is 249 g/mol. The highest BCUT2D eigenvalue weighted by Crippen LogP contribution is 2.38. The Morgan fingerprint density at radius 1 is 1.31 bits per heavy atom. The van der Waals surface area contributed by atoms with Crippen LogP contribution in [-0.4, -0.2) is 32.3 Å². The van der Waals surface area contributed by atoms with E-state index in [0.717, 1.165) is 38.4 Å². The van der Waals surface area contributed by atoms with Gasteiger partial charge in [0.2, 0.25) is 10.0 Å². The maximum Gasteiger partial charge on any atom is 0.303 e. The highest BCUT2D eigenvalue weighted by Gasteiger charge is 2.34. The summed E-state index contributed by atoms with van der Waals surface area (Å²) in [5, 5.41) is 8.88. The summed E-state index contributed by atoms with van der Waals surface area (Å²) >= 11 is 0. The first kappa shape index (κ1) is 13.4. The van der Waals surface area contributed by atoms with Crippen LogP contribution in [0.25, 0.3) is 0 Å². The molecule has 0 aromatic rings. The lowest BCUT2D eigenvalue weighted by Crippen LogP contribution is -2.40. The number of nitrogens with one attached hydrogen (secondary N) is 1. The number of hydrogen-bond donors (Lipinski definition) is 2. The first-order chi connectivity index (χ1) is 7.33. The van der Waals surface area contributed by atoms with Gasteiger partial charge in [0.1, 0.15) is 0 Å². The van der Waals surface area contributed by atoms with E-state index in [2.05, 4.69) is 4.72 Å². The Bertz CT molecular complexity index is 344. The van der Waals surface area contributed by atoms with Crippen LogP contribution in [0.4, 0.5) is 0 Å². The predicted octanol–water partition coefficient (Wildman–Crippen LogP) is 0.961. The molecule has 0 saturated heterocycles. The molecular formula is C10H19NO4S. The summed E-state index contributed by atoms with van der Waals surface area (Å²) in [6, 6.07) is 0. The van der Waals surface area contributed by atoms with E-state index in [1.807, 2.05) is 0 Å². The fourth-order valence-electron chi connectivity index (χ4n) is 2.32. The molecule has 2 N–H and O–H groups in total. The van der Waals surface area contributed by atoms with Crippen LogP contribution in [0.5, 0.6) is 0 Å². The Morgan fingerprint density at radius 2 is 1.88 bits per heavy atom. The summed E-state index contributed by atoms with van der Waals surface area (Å²) < 4.78 is 24.5. The van der Waals surface area contributed by atoms with Crippen molar-refractivity contribution in [2.75, 3.05) is 12.8 Å². The average molecular weight is 249 g/mol. The molecule has 1 rings (SSSR count). The van der Waals surface area contributed by atoms with Gasteiger partial charge in [0.05, 0.1) is 12.7 Å². The smallest absolute Gasteiger partial charge is 0.303 e. The second kappa shape index (κ2) is 5.14. The summed E-state index contributed by atoms with van der Waals surface area (Å²) in [4.78, 5) is 10.8. The zero-order valence-corrected chi connectivity index (χ0v) is 10.3. The summed E-state index contributed by atoms with van der Waals surface area (Å²) in [5.74, 6) is -0.850. The predicted molar refractivity (Wildman–Crippen MR) is 60.6 cm³/mol. The molecule has 1 aliphatic rings. The molecule has 0 bridgehead atoms. The number of aliphatic carboxylic acids is 1. The Morgan fingerprint density at radius 3 is 2.31 bits per heavy atom. The molecule has 94 valence electrons. The number of hydrogen-bond acceptors (Lipinski definition) is 3. The molecule has 0 atom stereocenters. The highest BCUT2D eigenvalue weighted by atomic mass is 32.2. The number of rotatable bonds is 5. The molecule has 0 spiro atoms. The van der Waals surface area contributed by atoms with Gasteiger partial charge in [-0.1, -0.05) is 19.3 Å². The van der Waals surface area contributed by atoms with Crippen molar-refractivity contribution in [2.45, 2.75) is 38.5 Å². The molecule has 0 unspecified atom stereocenters. The van der Waals surface area contributed by atoms with Crippen molar-refractivity contribution in [3.05, 3.63) is 0 Å². The molecule has 0 heterocycles. The summed E-state index contributed by atoms with van der Waals surface area (Å²) in [6.07, 6.45) is 5.82. The summed E-state index contributed by atoms with van der Waals surface area (Å²) in [6.45, 7) is 0.248. The normalized spacial score (nSPS) is 20.6. The van der Waals surface area contributed by atoms with E-state index >= 15 is 0 Å². The van der Waals surface area contributed by atoms with Crippen LogP contribution in [-0.2, 0) is 14.8 Å². The molecular weight excluding hydrogens is 230 g/mol. The topological polar surface area (TPSA) is 83.5 Å². The van der Waals surface area contributed by atoms with Gasteiger partial charge in [-0.05, 0) is 18.3 Å². The van der Waals surface area contributed by atoms with Gasteiger partial charge in [0, 0.05) is 6.54 Å². The van der Waals surface area contributed by atoms with Crippen LogP contribution in [0.1, 0.15) is 38.5 Å². The largest absolute Gasteiger partial charge is 0.481 e. The van der Waals surface area contributed by atoms with E-state index < -0.39 is 16.0 Å². The minimum atomic E-state index is -3.24. The van der Waals surface area contributed by atoms with Gasteiger partial charge in [-0.25, -0.2) is 13.1 Å². The van der Waals surface area contributed by atoms with Gasteiger partial charge in [0.15, 0.2) is 0 Å². The van der Waals surface area contributed by atoms with Crippen molar-refractivity contribution < 1.29 is 18.3 Å². The van der Waals surface area contributed by atoms with Crippen molar-refractivity contribution >= 4 is 16.0 Å². The van der Waals surface area contributed by atoms with Crippen LogP contribution in [0, 0.1) is 5.41 Å². The van der Waals surface area contributed by atoms with Crippen LogP contribution >= 0.6 is 0 Å². The fourth-order valence-corrected chi connectivity index (χ4v) is 2.89. The van der Waals surface area contributed by atoms with E-state index in [1.165, 1.54) is 0 Å². The van der Waals surface area contributed by atoms with E-state index in [9.17, 15) is 13.2 Å². The molecule has 0 aliphatic heterocycles. The van der Waals surface area contributed by atoms with Gasteiger partial charge in [-0.2, -0.15) is 0 Å². The van der Waals surface area contributed by atoms with Gasteiger partial charge >= 0.3 is 5.97 Å². The highest BCUT2D eigenvalue weighted by molar-refractivity contribution is 7.88. The van der Waals surface area contributed by atoms with Crippen molar-refractivity contribution in [3.8, 4) is 0 Å². The minimum absolute atomic E-state index is 0.0511. The number of sulfonamides is 1. The lowest BCUT2D eigenvalue weighted by molar-refractivity contribution is -0.140. The Balaban J connectivity index is 2.66. The second-order valence-electron chi connectivity index (χ2n) is 4.72. The van der Waals surface area contributed by atoms with Crippen LogP contribution in [0.2, 0.25) is 0 Å². The van der Waals surface area contributed by atoms with Crippen molar-refractivity contribution in [2.24, 2.45) is 5.41 Å². The standard InChI is InChI=1S/C10H19NO4S/c1-16(14,15)11-8-10(7-9(12)13)5-3-2-4-6-10/h11H,2-8H2,1H3,(H,12,13). The quantitative estimate of drug-likeness (QED) is 0.760. The van der Waals surface area contributed by atoms with Gasteiger partial charge in [0.25, 0.3) is 0 Å². The van der Waals surface area contributed by atoms with E-state index in [0.29, 0.717) is 0 Å². The zero-order valence-electron chi connectivity index (χ0n) is 9.53. The molecule has 0 amide bonds. The third-order valence-corrected chi connectivity index (χ3v) is 3.82. The zero-order chi connectivity index (χ0) is 12.2. The first-order valence-corrected chi connectivity index (χ1v) is 7.39. The maximum absolute atomic E-state index is 11.0. The third-order valence-electron chi connectivity index (χ3n) is 3.15. The average Bonchev–Trinajstić information content (AvgIpc) is 2.14. The van der Waals surface area contributed by atoms with E-state index in [4.69, 9.17) is 5.11 Å². The fraction of sp³-hybridized carbons (Fsp3) is 0.900. The Hall–Kier alpha value is -0.620. The molecule has 6 heteroatoms. The van der Waals surface area contributed by atoms with Crippen molar-refractivity contribution in [1.29, 1.82) is 0 Å². The number of carboxylic acids is 1. The number of carbonyl (C=O) groups is 1. The summed E-state index contributed by atoms with van der Waals surface area (Å²) in [7, 11) is -3.24. The lowest BCUT2D eigenvalue weighted by Gasteiger charge is -2.35. The SMILES string of the molecule is CS(=O)(=O)NCC1(CC(=O)O)CCCCC1. The van der Waals surface area contributed by atoms with Crippen LogP contribution < -0.4 is 4.72 Å². The first-order valence-electron chi connectivity index (χ1n) is 5.49. The third kappa shape index (κ3) is 4.49. The van der Waals surface area contributed by atoms with Crippen molar-refractivity contribution in [3.63, 3.8) is 0 Å². The number of carboxylic acid groups (broad SMARTS) is 1. The van der Waals surface area contributed by atoms with E-state index in [1.54, 1.807) is 0 Å². The molecule has 0 aromatic heterocycles. The molecule has 0 aromatic carbocycles. The minimum Gasteiger partial charge on any atom is -0.481 e. The summed E-state index contributed by atoms with van der Waals surface area (Å²) in [5.41, 5.74) is -0.382. The molecule has 0 radical (unpaired) electrons. The Labute approximate surface area is 96.3 Å². The second-order valence-corrected chi connectivity index (χ2v) is 6.56. The van der Waals surface area contributed by atoms with Gasteiger partial charge in [-0.3, -0.25) is 4.79 Å². The van der Waals surface area contributed by atoms with Gasteiger partial charge in [-0.15, -0.1) is 0 Å². The molecule has 1 aliphatic carbocycles. The Kier molecular flexibility index (Phi) is 4.32. The molecule has 5 nitrogen and oxygen atoms in total. The maximum atomic E-state index is 11.0. The van der Waals surface area contributed by atoms with E-state index in [-0.39, 0.29) is 18.4 Å². The molecule has 16 heavy (non-hydrogen) atoms. The molecule has 1 saturated carbocycles.